The third kappa shape index (κ3) is 5.31. The number of carbonyl (C=O) groups is 1. The average Bonchev–Trinajstić information content (AvgIpc) is 3.14. The number of benzene rings is 2. The van der Waals surface area contributed by atoms with Gasteiger partial charge in [-0.05, 0) is 48.2 Å². The molecular formula is C22H26N4O5S. The fraction of sp³-hybridized carbons (Fsp3) is 0.364. The topological polar surface area (TPSA) is 122 Å². The Bertz CT molecular complexity index is 1240. The summed E-state index contributed by atoms with van der Waals surface area (Å²) in [5.74, 6) is 1.72. The second kappa shape index (κ2) is 9.07. The van der Waals surface area contributed by atoms with Gasteiger partial charge in [0, 0.05) is 11.1 Å². The van der Waals surface area contributed by atoms with Crippen LogP contribution in [-0.2, 0) is 21.2 Å². The largest absolute Gasteiger partial charge is 0.486 e. The summed E-state index contributed by atoms with van der Waals surface area (Å²) in [6.07, 6.45) is 0.705. The zero-order valence-electron chi connectivity index (χ0n) is 18.0. The number of ether oxygens (including phenoxy) is 2. The molecule has 0 fully saturated rings. The van der Waals surface area contributed by atoms with Gasteiger partial charge in [0.25, 0.3) is 0 Å². The number of fused-ring (bicyclic) bond motifs is 2. The first kappa shape index (κ1) is 21.9. The Morgan fingerprint density at radius 3 is 2.69 bits per heavy atom. The average molecular weight is 459 g/mol. The van der Waals surface area contributed by atoms with Crippen molar-refractivity contribution in [2.75, 3.05) is 29.0 Å². The van der Waals surface area contributed by atoms with Gasteiger partial charge >= 0.3 is 0 Å². The van der Waals surface area contributed by atoms with Gasteiger partial charge in [0.2, 0.25) is 15.9 Å². The SMILES string of the molecule is CC(C)CCS(=O)(=O)Nc1ccc2[nH]nc(NC(=O)Cc3ccc4c(c3)OCCO4)c2c1. The van der Waals surface area contributed by atoms with Crippen LogP contribution in [0, 0.1) is 5.92 Å². The molecule has 170 valence electrons. The van der Waals surface area contributed by atoms with E-state index < -0.39 is 10.0 Å². The zero-order valence-corrected chi connectivity index (χ0v) is 18.8. The lowest BCUT2D eigenvalue weighted by Gasteiger charge is -2.18. The summed E-state index contributed by atoms with van der Waals surface area (Å²) in [6.45, 7) is 4.94. The Morgan fingerprint density at radius 1 is 1.12 bits per heavy atom. The van der Waals surface area contributed by atoms with Gasteiger partial charge in [-0.25, -0.2) is 8.42 Å². The fourth-order valence-electron chi connectivity index (χ4n) is 3.35. The molecule has 0 aliphatic carbocycles. The Balaban J connectivity index is 1.46. The molecule has 0 atom stereocenters. The van der Waals surface area contributed by atoms with Crippen LogP contribution in [0.3, 0.4) is 0 Å². The second-order valence-electron chi connectivity index (χ2n) is 8.14. The molecule has 0 spiro atoms. The van der Waals surface area contributed by atoms with Crippen molar-refractivity contribution < 1.29 is 22.7 Å². The number of anilines is 2. The Morgan fingerprint density at radius 2 is 1.91 bits per heavy atom. The van der Waals surface area contributed by atoms with Crippen LogP contribution < -0.4 is 19.5 Å². The lowest BCUT2D eigenvalue weighted by Crippen LogP contribution is -2.18. The van der Waals surface area contributed by atoms with E-state index in [1.54, 1.807) is 30.3 Å². The lowest BCUT2D eigenvalue weighted by atomic mass is 10.1. The molecule has 32 heavy (non-hydrogen) atoms. The molecule has 0 saturated heterocycles. The van der Waals surface area contributed by atoms with Crippen LogP contribution in [0.15, 0.2) is 36.4 Å². The van der Waals surface area contributed by atoms with Crippen molar-refractivity contribution in [3.63, 3.8) is 0 Å². The first-order valence-corrected chi connectivity index (χ1v) is 12.1. The number of nitrogens with zero attached hydrogens (tertiary/aromatic N) is 1. The molecule has 10 heteroatoms. The third-order valence-electron chi connectivity index (χ3n) is 5.03. The number of hydrogen-bond donors (Lipinski definition) is 3. The summed E-state index contributed by atoms with van der Waals surface area (Å²) in [6, 6.07) is 10.4. The van der Waals surface area contributed by atoms with Crippen molar-refractivity contribution >= 4 is 38.3 Å². The highest BCUT2D eigenvalue weighted by Gasteiger charge is 2.16. The van der Waals surface area contributed by atoms with Crippen LogP contribution >= 0.6 is 0 Å². The summed E-state index contributed by atoms with van der Waals surface area (Å²) in [4.78, 5) is 12.6. The van der Waals surface area contributed by atoms with Gasteiger partial charge in [0.1, 0.15) is 13.2 Å². The minimum atomic E-state index is -3.46. The highest BCUT2D eigenvalue weighted by Crippen LogP contribution is 2.31. The summed E-state index contributed by atoms with van der Waals surface area (Å²) in [5, 5.41) is 10.4. The van der Waals surface area contributed by atoms with Crippen LogP contribution in [0.25, 0.3) is 10.9 Å². The fourth-order valence-corrected chi connectivity index (χ4v) is 4.72. The zero-order chi connectivity index (χ0) is 22.7. The summed E-state index contributed by atoms with van der Waals surface area (Å²) >= 11 is 0. The van der Waals surface area contributed by atoms with E-state index >= 15 is 0 Å². The smallest absolute Gasteiger partial charge is 0.232 e. The molecule has 0 saturated carbocycles. The minimum Gasteiger partial charge on any atom is -0.486 e. The maximum Gasteiger partial charge on any atom is 0.232 e. The maximum absolute atomic E-state index is 12.6. The number of rotatable bonds is 8. The van der Waals surface area contributed by atoms with E-state index in [-0.39, 0.29) is 18.1 Å². The van der Waals surface area contributed by atoms with E-state index in [9.17, 15) is 13.2 Å². The van der Waals surface area contributed by atoms with Gasteiger partial charge in [-0.1, -0.05) is 19.9 Å². The van der Waals surface area contributed by atoms with E-state index in [0.717, 1.165) is 5.56 Å². The Labute approximate surface area is 186 Å². The molecule has 1 aliphatic rings. The number of sulfonamides is 1. The molecule has 3 aromatic rings. The van der Waals surface area contributed by atoms with Gasteiger partial charge in [0.15, 0.2) is 17.3 Å². The second-order valence-corrected chi connectivity index (χ2v) is 9.98. The Kier molecular flexibility index (Phi) is 6.22. The van der Waals surface area contributed by atoms with Crippen LogP contribution in [0.5, 0.6) is 11.5 Å². The Hall–Kier alpha value is -3.27. The maximum atomic E-state index is 12.6. The molecular weight excluding hydrogens is 432 g/mol. The van der Waals surface area contributed by atoms with Crippen molar-refractivity contribution in [2.45, 2.75) is 26.7 Å². The van der Waals surface area contributed by atoms with Crippen molar-refractivity contribution in [1.82, 2.24) is 10.2 Å². The first-order chi connectivity index (χ1) is 15.3. The predicted octanol–water partition coefficient (Wildman–Crippen LogP) is 3.30. The standard InChI is InChI=1S/C22H26N4O5S/c1-14(2)7-10-32(28,29)26-16-4-5-18-17(13-16)22(25-24-18)23-21(27)12-15-3-6-19-20(11-15)31-9-8-30-19/h3-6,11,13-14,26H,7-10,12H2,1-2H3,(H2,23,24,25,27). The molecule has 9 nitrogen and oxygen atoms in total. The molecule has 0 bridgehead atoms. The van der Waals surface area contributed by atoms with Crippen LogP contribution in [0.4, 0.5) is 11.5 Å². The third-order valence-corrected chi connectivity index (χ3v) is 6.35. The van der Waals surface area contributed by atoms with E-state index in [4.69, 9.17) is 9.47 Å². The molecule has 2 aromatic carbocycles. The van der Waals surface area contributed by atoms with Crippen molar-refractivity contribution in [3.05, 3.63) is 42.0 Å². The van der Waals surface area contributed by atoms with E-state index in [1.165, 1.54) is 0 Å². The number of carbonyl (C=O) groups excluding carboxylic acids is 1. The number of amides is 1. The van der Waals surface area contributed by atoms with E-state index in [1.807, 2.05) is 19.9 Å². The highest BCUT2D eigenvalue weighted by atomic mass is 32.2. The van der Waals surface area contributed by atoms with Crippen LogP contribution in [0.1, 0.15) is 25.8 Å². The normalized spacial score (nSPS) is 13.3. The molecule has 1 aromatic heterocycles. The van der Waals surface area contributed by atoms with Crippen molar-refractivity contribution in [1.29, 1.82) is 0 Å². The number of aromatic nitrogens is 2. The quantitative estimate of drug-likeness (QED) is 0.476. The summed E-state index contributed by atoms with van der Waals surface area (Å²) in [5.41, 5.74) is 1.89. The summed E-state index contributed by atoms with van der Waals surface area (Å²) in [7, 11) is -3.46. The molecule has 2 heterocycles. The van der Waals surface area contributed by atoms with Gasteiger partial charge in [-0.15, -0.1) is 0 Å². The van der Waals surface area contributed by atoms with Crippen molar-refractivity contribution in [3.8, 4) is 11.5 Å². The summed E-state index contributed by atoms with van der Waals surface area (Å²) < 4.78 is 38.3. The molecule has 4 rings (SSSR count). The van der Waals surface area contributed by atoms with Gasteiger partial charge in [-0.3, -0.25) is 14.6 Å². The van der Waals surface area contributed by atoms with Crippen LogP contribution in [0.2, 0.25) is 0 Å². The number of aromatic amines is 1. The van der Waals surface area contributed by atoms with Gasteiger partial charge in [0.05, 0.1) is 17.7 Å². The van der Waals surface area contributed by atoms with Crippen LogP contribution in [-0.4, -0.2) is 43.5 Å². The first-order valence-electron chi connectivity index (χ1n) is 10.5. The van der Waals surface area contributed by atoms with Gasteiger partial charge < -0.3 is 14.8 Å². The van der Waals surface area contributed by atoms with E-state index in [2.05, 4.69) is 20.2 Å². The molecule has 1 amide bonds. The van der Waals surface area contributed by atoms with Crippen molar-refractivity contribution in [2.24, 2.45) is 5.92 Å². The lowest BCUT2D eigenvalue weighted by molar-refractivity contribution is -0.115. The molecule has 3 N–H and O–H groups in total. The highest BCUT2D eigenvalue weighted by molar-refractivity contribution is 7.92. The predicted molar refractivity (Wildman–Crippen MR) is 123 cm³/mol. The number of nitrogens with one attached hydrogen (secondary N) is 3. The van der Waals surface area contributed by atoms with E-state index in [0.29, 0.717) is 59.5 Å². The minimum absolute atomic E-state index is 0.0488. The molecule has 0 unspecified atom stereocenters. The molecule has 0 radical (unpaired) electrons. The number of hydrogen-bond acceptors (Lipinski definition) is 6. The number of H-pyrrole nitrogens is 1. The molecule has 1 aliphatic heterocycles. The van der Waals surface area contributed by atoms with Gasteiger partial charge in [-0.2, -0.15) is 5.10 Å². The monoisotopic (exact) mass is 458 g/mol.